The number of aromatic nitrogens is 2. The average Bonchev–Trinajstić information content (AvgIpc) is 3.01. The van der Waals surface area contributed by atoms with Crippen LogP contribution in [0.5, 0.6) is 0 Å². The van der Waals surface area contributed by atoms with Gasteiger partial charge in [-0.15, -0.1) is 6.58 Å². The van der Waals surface area contributed by atoms with Gasteiger partial charge in [-0.3, -0.25) is 10.0 Å². The molecule has 2 rings (SSSR count). The molecule has 1 heterocycles. The largest absolute Gasteiger partial charge is 0.327 e. The van der Waals surface area contributed by atoms with Crippen molar-refractivity contribution in [2.45, 2.75) is 33.2 Å². The average molecular weight is 356 g/mol. The van der Waals surface area contributed by atoms with Crippen LogP contribution in [0.1, 0.15) is 31.7 Å². The monoisotopic (exact) mass is 356 g/mol. The highest BCUT2D eigenvalue weighted by Crippen LogP contribution is 2.20. The topological polar surface area (TPSA) is 70.4 Å². The van der Waals surface area contributed by atoms with E-state index in [1.807, 2.05) is 24.3 Å². The Morgan fingerprint density at radius 2 is 2.15 bits per heavy atom. The van der Waals surface area contributed by atoms with Gasteiger partial charge in [0.05, 0.1) is 11.0 Å². The molecule has 1 amide bonds. The molecule has 0 saturated heterocycles. The maximum Gasteiger partial charge on any atom is 0.267 e. The molecule has 0 unspecified atom stereocenters. The highest BCUT2D eigenvalue weighted by Gasteiger charge is 2.11. The SMILES string of the molecule is C=CCCc1nc2cc(/C=C/C(=O)NO)ccc2n1CCN(CC)CC. The Balaban J connectivity index is 2.32. The standard InChI is InChI=1S/C20H28N4O2/c1-4-7-8-19-21-17-15-16(10-12-20(25)22-26)9-11-18(17)24(19)14-13-23(5-2)6-3/h4,9-12,15,26H,1,5-8,13-14H2,2-3H3,(H,22,25)/b12-10+. The second-order valence-electron chi connectivity index (χ2n) is 6.09. The predicted molar refractivity (Wildman–Crippen MR) is 105 cm³/mol. The molecular formula is C20H28N4O2. The Morgan fingerprint density at radius 3 is 2.81 bits per heavy atom. The van der Waals surface area contributed by atoms with Crippen LogP contribution in [0.4, 0.5) is 0 Å². The predicted octanol–water partition coefficient (Wildman–Crippen LogP) is 3.02. The fourth-order valence-electron chi connectivity index (χ4n) is 2.96. The van der Waals surface area contributed by atoms with Crippen LogP contribution < -0.4 is 5.48 Å². The number of nitrogens with zero attached hydrogens (tertiary/aromatic N) is 3. The van der Waals surface area contributed by atoms with Gasteiger partial charge in [-0.05, 0) is 43.3 Å². The zero-order valence-electron chi connectivity index (χ0n) is 15.6. The number of carbonyl (C=O) groups excluding carboxylic acids is 1. The highest BCUT2D eigenvalue weighted by molar-refractivity contribution is 5.91. The van der Waals surface area contributed by atoms with Crippen molar-refractivity contribution in [1.29, 1.82) is 0 Å². The van der Waals surface area contributed by atoms with Gasteiger partial charge in [0.25, 0.3) is 5.91 Å². The van der Waals surface area contributed by atoms with Gasteiger partial charge in [0.15, 0.2) is 0 Å². The molecule has 0 radical (unpaired) electrons. The summed E-state index contributed by atoms with van der Waals surface area (Å²) in [6.45, 7) is 12.1. The molecule has 0 bridgehead atoms. The first-order valence-corrected chi connectivity index (χ1v) is 9.07. The lowest BCUT2D eigenvalue weighted by molar-refractivity contribution is -0.124. The van der Waals surface area contributed by atoms with E-state index < -0.39 is 5.91 Å². The molecule has 0 spiro atoms. The molecule has 140 valence electrons. The van der Waals surface area contributed by atoms with Crippen LogP contribution in [0, 0.1) is 0 Å². The second-order valence-corrected chi connectivity index (χ2v) is 6.09. The number of benzene rings is 1. The van der Waals surface area contributed by atoms with Crippen LogP contribution in [0.3, 0.4) is 0 Å². The number of nitrogens with one attached hydrogen (secondary N) is 1. The van der Waals surface area contributed by atoms with Crippen molar-refractivity contribution < 1.29 is 10.0 Å². The number of likely N-dealkylation sites (N-methyl/N-ethyl adjacent to an activating group) is 1. The van der Waals surface area contributed by atoms with Gasteiger partial charge < -0.3 is 9.47 Å². The first-order chi connectivity index (χ1) is 12.6. The Kier molecular flexibility index (Phi) is 7.56. The number of allylic oxidation sites excluding steroid dienone is 1. The van der Waals surface area contributed by atoms with E-state index in [-0.39, 0.29) is 0 Å². The first-order valence-electron chi connectivity index (χ1n) is 9.07. The third-order valence-electron chi connectivity index (χ3n) is 4.50. The van der Waals surface area contributed by atoms with Crippen molar-refractivity contribution in [2.24, 2.45) is 0 Å². The molecule has 0 atom stereocenters. The smallest absolute Gasteiger partial charge is 0.267 e. The minimum absolute atomic E-state index is 0.554. The van der Waals surface area contributed by atoms with Crippen LogP contribution in [0.25, 0.3) is 17.1 Å². The van der Waals surface area contributed by atoms with Gasteiger partial charge >= 0.3 is 0 Å². The zero-order chi connectivity index (χ0) is 18.9. The van der Waals surface area contributed by atoms with Crippen LogP contribution in [-0.4, -0.2) is 45.2 Å². The van der Waals surface area contributed by atoms with E-state index in [4.69, 9.17) is 10.2 Å². The van der Waals surface area contributed by atoms with E-state index in [0.29, 0.717) is 0 Å². The zero-order valence-corrected chi connectivity index (χ0v) is 15.6. The summed E-state index contributed by atoms with van der Waals surface area (Å²) in [6, 6.07) is 5.96. The Bertz CT molecular complexity index is 775. The third-order valence-corrected chi connectivity index (χ3v) is 4.50. The Morgan fingerprint density at radius 1 is 1.38 bits per heavy atom. The van der Waals surface area contributed by atoms with E-state index >= 15 is 0 Å². The summed E-state index contributed by atoms with van der Waals surface area (Å²) in [5.74, 6) is 0.503. The Hall–Kier alpha value is -2.44. The molecule has 1 aromatic carbocycles. The van der Waals surface area contributed by atoms with Crippen molar-refractivity contribution in [3.8, 4) is 0 Å². The van der Waals surface area contributed by atoms with Crippen LogP contribution in [0.2, 0.25) is 0 Å². The van der Waals surface area contributed by atoms with Crippen LogP contribution >= 0.6 is 0 Å². The number of aryl methyl sites for hydroxylation is 1. The molecule has 0 aliphatic rings. The van der Waals surface area contributed by atoms with Crippen LogP contribution in [-0.2, 0) is 17.8 Å². The maximum atomic E-state index is 11.1. The number of amides is 1. The van der Waals surface area contributed by atoms with Gasteiger partial charge in [-0.1, -0.05) is 26.0 Å². The van der Waals surface area contributed by atoms with E-state index in [1.54, 1.807) is 11.6 Å². The van der Waals surface area contributed by atoms with Gasteiger partial charge in [0.1, 0.15) is 5.82 Å². The van der Waals surface area contributed by atoms with Crippen molar-refractivity contribution in [3.05, 3.63) is 48.3 Å². The van der Waals surface area contributed by atoms with E-state index in [1.165, 1.54) is 6.08 Å². The maximum absolute atomic E-state index is 11.1. The normalized spacial score (nSPS) is 11.5. The molecule has 0 aliphatic carbocycles. The Labute approximate surface area is 154 Å². The molecule has 0 aliphatic heterocycles. The van der Waals surface area contributed by atoms with Crippen molar-refractivity contribution >= 4 is 23.0 Å². The molecule has 0 saturated carbocycles. The molecule has 6 nitrogen and oxygen atoms in total. The summed E-state index contributed by atoms with van der Waals surface area (Å²) in [4.78, 5) is 18.3. The summed E-state index contributed by atoms with van der Waals surface area (Å²) in [6.07, 6.45) is 6.60. The number of fused-ring (bicyclic) bond motifs is 1. The van der Waals surface area contributed by atoms with E-state index in [9.17, 15) is 4.79 Å². The summed E-state index contributed by atoms with van der Waals surface area (Å²) in [7, 11) is 0. The van der Waals surface area contributed by atoms with E-state index in [0.717, 1.165) is 61.4 Å². The number of carbonyl (C=O) groups is 1. The molecule has 26 heavy (non-hydrogen) atoms. The number of imidazole rings is 1. The van der Waals surface area contributed by atoms with Gasteiger partial charge in [-0.2, -0.15) is 0 Å². The number of rotatable bonds is 10. The van der Waals surface area contributed by atoms with E-state index in [2.05, 4.69) is 29.9 Å². The summed E-state index contributed by atoms with van der Waals surface area (Å²) in [5.41, 5.74) is 4.46. The lowest BCUT2D eigenvalue weighted by Gasteiger charge is -2.19. The number of hydroxylamine groups is 1. The summed E-state index contributed by atoms with van der Waals surface area (Å²) < 4.78 is 2.28. The lowest BCUT2D eigenvalue weighted by Crippen LogP contribution is -2.27. The third kappa shape index (κ3) is 5.03. The van der Waals surface area contributed by atoms with Gasteiger partial charge in [-0.25, -0.2) is 10.5 Å². The number of hydrogen-bond acceptors (Lipinski definition) is 4. The minimum Gasteiger partial charge on any atom is -0.327 e. The lowest BCUT2D eigenvalue weighted by atomic mass is 10.2. The quantitative estimate of drug-likeness (QED) is 0.297. The first kappa shape index (κ1) is 19.9. The van der Waals surface area contributed by atoms with Gasteiger partial charge in [0, 0.05) is 25.6 Å². The minimum atomic E-state index is -0.554. The second kappa shape index (κ2) is 9.89. The molecule has 0 fully saturated rings. The number of hydrogen-bond donors (Lipinski definition) is 2. The molecule has 2 N–H and O–H groups in total. The highest BCUT2D eigenvalue weighted by atomic mass is 16.5. The fraction of sp³-hybridized carbons (Fsp3) is 0.400. The summed E-state index contributed by atoms with van der Waals surface area (Å²) >= 11 is 0. The van der Waals surface area contributed by atoms with Crippen LogP contribution in [0.15, 0.2) is 36.9 Å². The fourth-order valence-corrected chi connectivity index (χ4v) is 2.96. The van der Waals surface area contributed by atoms with Crippen molar-refractivity contribution in [2.75, 3.05) is 19.6 Å². The molecule has 6 heteroatoms. The van der Waals surface area contributed by atoms with Gasteiger partial charge in [0.2, 0.25) is 0 Å². The molecule has 1 aromatic heterocycles. The van der Waals surface area contributed by atoms with Crippen molar-refractivity contribution in [1.82, 2.24) is 19.9 Å². The molecular weight excluding hydrogens is 328 g/mol. The molecule has 2 aromatic rings. The summed E-state index contributed by atoms with van der Waals surface area (Å²) in [5, 5.41) is 8.57. The van der Waals surface area contributed by atoms with Crippen molar-refractivity contribution in [3.63, 3.8) is 0 Å².